The molecule has 5 nitrogen and oxygen atoms in total. The van der Waals surface area contributed by atoms with Crippen molar-refractivity contribution in [2.45, 2.75) is 6.42 Å². The van der Waals surface area contributed by atoms with Crippen molar-refractivity contribution < 1.29 is 9.90 Å². The number of fused-ring (bicyclic) bond motifs is 1. The lowest BCUT2D eigenvalue weighted by molar-refractivity contribution is -0.136. The molecular formula is C8H6ClN3O2. The zero-order valence-electron chi connectivity index (χ0n) is 7.01. The number of carboxylic acids is 1. The number of aromatic nitrogens is 3. The number of carboxylic acid groups (broad SMARTS) is 1. The zero-order valence-corrected chi connectivity index (χ0v) is 7.77. The molecule has 0 saturated carbocycles. The molecule has 2 aromatic heterocycles. The average Bonchev–Trinajstić information content (AvgIpc) is 2.49. The van der Waals surface area contributed by atoms with Crippen molar-refractivity contribution in [3.63, 3.8) is 0 Å². The standard InChI is InChI=1S/C8H6ClN3O2/c9-6-3-10-4-12-5(1-7(13)14)2-11-8(6)12/h2-4H,1H2,(H,13,14). The van der Waals surface area contributed by atoms with E-state index in [1.165, 1.54) is 18.7 Å². The summed E-state index contributed by atoms with van der Waals surface area (Å²) in [5, 5.41) is 9.03. The molecule has 0 spiro atoms. The first-order chi connectivity index (χ1) is 6.68. The smallest absolute Gasteiger partial charge is 0.309 e. The highest BCUT2D eigenvalue weighted by molar-refractivity contribution is 6.33. The maximum Gasteiger partial charge on any atom is 0.309 e. The monoisotopic (exact) mass is 211 g/mol. The molecule has 6 heteroatoms. The van der Waals surface area contributed by atoms with Gasteiger partial charge >= 0.3 is 5.97 Å². The number of imidazole rings is 1. The third-order valence-corrected chi connectivity index (χ3v) is 2.06. The van der Waals surface area contributed by atoms with Crippen molar-refractivity contribution in [3.05, 3.63) is 29.4 Å². The van der Waals surface area contributed by atoms with Gasteiger partial charge in [-0.3, -0.25) is 9.20 Å². The Kier molecular flexibility index (Phi) is 2.09. The molecule has 2 heterocycles. The van der Waals surface area contributed by atoms with Gasteiger partial charge in [0.25, 0.3) is 0 Å². The number of hydrogen-bond donors (Lipinski definition) is 1. The predicted octanol–water partition coefficient (Wildman–Crippen LogP) is 1.01. The first-order valence-electron chi connectivity index (χ1n) is 3.85. The SMILES string of the molecule is O=C(O)Cc1cnc2c(Cl)cncn12. The molecular weight excluding hydrogens is 206 g/mol. The highest BCUT2D eigenvalue weighted by atomic mass is 35.5. The number of halogens is 1. The molecule has 1 N–H and O–H groups in total. The summed E-state index contributed by atoms with van der Waals surface area (Å²) in [4.78, 5) is 18.4. The second kappa shape index (κ2) is 3.26. The van der Waals surface area contributed by atoms with Gasteiger partial charge in [0.05, 0.1) is 18.3 Å². The van der Waals surface area contributed by atoms with E-state index in [4.69, 9.17) is 16.7 Å². The molecule has 0 saturated heterocycles. The highest BCUT2D eigenvalue weighted by Crippen LogP contribution is 2.15. The molecule has 72 valence electrons. The second-order valence-corrected chi connectivity index (χ2v) is 3.16. The Morgan fingerprint density at radius 3 is 3.07 bits per heavy atom. The number of hydrogen-bond acceptors (Lipinski definition) is 3. The van der Waals surface area contributed by atoms with E-state index < -0.39 is 5.97 Å². The summed E-state index contributed by atoms with van der Waals surface area (Å²) in [5.74, 6) is -0.910. The van der Waals surface area contributed by atoms with Crippen LogP contribution in [0.4, 0.5) is 0 Å². The summed E-state index contributed by atoms with van der Waals surface area (Å²) in [7, 11) is 0. The molecule has 0 aliphatic rings. The number of rotatable bonds is 2. The lowest BCUT2D eigenvalue weighted by Gasteiger charge is -1.97. The van der Waals surface area contributed by atoms with E-state index in [2.05, 4.69) is 9.97 Å². The van der Waals surface area contributed by atoms with Crippen LogP contribution in [0.15, 0.2) is 18.7 Å². The Morgan fingerprint density at radius 1 is 1.57 bits per heavy atom. The van der Waals surface area contributed by atoms with Crippen molar-refractivity contribution >= 4 is 23.2 Å². The topological polar surface area (TPSA) is 67.5 Å². The lowest BCUT2D eigenvalue weighted by Crippen LogP contribution is -2.03. The first kappa shape index (κ1) is 8.96. The maximum absolute atomic E-state index is 10.5. The van der Waals surface area contributed by atoms with Crippen molar-refractivity contribution in [2.75, 3.05) is 0 Å². The minimum Gasteiger partial charge on any atom is -0.481 e. The van der Waals surface area contributed by atoms with Crippen LogP contribution in [0.1, 0.15) is 5.69 Å². The van der Waals surface area contributed by atoms with Crippen LogP contribution >= 0.6 is 11.6 Å². The van der Waals surface area contributed by atoms with E-state index in [0.29, 0.717) is 16.4 Å². The quantitative estimate of drug-likeness (QED) is 0.805. The van der Waals surface area contributed by atoms with Gasteiger partial charge in [0.1, 0.15) is 11.3 Å². The van der Waals surface area contributed by atoms with Crippen molar-refractivity contribution in [1.82, 2.24) is 14.4 Å². The van der Waals surface area contributed by atoms with Crippen molar-refractivity contribution in [1.29, 1.82) is 0 Å². The summed E-state index contributed by atoms with van der Waals surface area (Å²) in [5.41, 5.74) is 1.08. The van der Waals surface area contributed by atoms with E-state index >= 15 is 0 Å². The molecule has 0 aliphatic carbocycles. The van der Waals surface area contributed by atoms with Crippen LogP contribution in [-0.2, 0) is 11.2 Å². The Balaban J connectivity index is 2.58. The summed E-state index contributed by atoms with van der Waals surface area (Å²) >= 11 is 5.81. The van der Waals surface area contributed by atoms with E-state index in [-0.39, 0.29) is 6.42 Å². The normalized spacial score (nSPS) is 10.6. The van der Waals surface area contributed by atoms with Gasteiger partial charge in [-0.15, -0.1) is 0 Å². The minimum absolute atomic E-state index is 0.0941. The lowest BCUT2D eigenvalue weighted by atomic mass is 10.3. The molecule has 2 rings (SSSR count). The van der Waals surface area contributed by atoms with Crippen LogP contribution in [0.3, 0.4) is 0 Å². The summed E-state index contributed by atoms with van der Waals surface area (Å²) in [6, 6.07) is 0. The molecule has 0 aliphatic heterocycles. The third-order valence-electron chi connectivity index (χ3n) is 1.79. The van der Waals surface area contributed by atoms with Crippen LogP contribution in [0.25, 0.3) is 5.65 Å². The number of nitrogens with zero attached hydrogens (tertiary/aromatic N) is 3. The fourth-order valence-electron chi connectivity index (χ4n) is 1.21. The molecule has 0 amide bonds. The van der Waals surface area contributed by atoms with Gasteiger partial charge in [0.15, 0.2) is 5.65 Å². The molecule has 14 heavy (non-hydrogen) atoms. The van der Waals surface area contributed by atoms with Gasteiger partial charge in [-0.25, -0.2) is 9.97 Å². The molecule has 0 fully saturated rings. The highest BCUT2D eigenvalue weighted by Gasteiger charge is 2.09. The third kappa shape index (κ3) is 1.42. The van der Waals surface area contributed by atoms with Crippen LogP contribution in [-0.4, -0.2) is 25.4 Å². The van der Waals surface area contributed by atoms with E-state index in [9.17, 15) is 4.79 Å². The van der Waals surface area contributed by atoms with Crippen LogP contribution in [0.2, 0.25) is 5.02 Å². The van der Waals surface area contributed by atoms with Gasteiger partial charge < -0.3 is 5.11 Å². The van der Waals surface area contributed by atoms with E-state index in [1.807, 2.05) is 0 Å². The fraction of sp³-hybridized carbons (Fsp3) is 0.125. The predicted molar refractivity (Wildman–Crippen MR) is 49.3 cm³/mol. The summed E-state index contributed by atoms with van der Waals surface area (Å²) in [6.45, 7) is 0. The van der Waals surface area contributed by atoms with E-state index in [0.717, 1.165) is 0 Å². The van der Waals surface area contributed by atoms with Crippen molar-refractivity contribution in [3.8, 4) is 0 Å². The van der Waals surface area contributed by atoms with Gasteiger partial charge in [0.2, 0.25) is 0 Å². The average molecular weight is 212 g/mol. The zero-order chi connectivity index (χ0) is 10.1. The molecule has 0 atom stereocenters. The minimum atomic E-state index is -0.910. The van der Waals surface area contributed by atoms with E-state index in [1.54, 1.807) is 4.40 Å². The first-order valence-corrected chi connectivity index (χ1v) is 4.23. The fourth-order valence-corrected chi connectivity index (χ4v) is 1.41. The van der Waals surface area contributed by atoms with Crippen molar-refractivity contribution in [2.24, 2.45) is 0 Å². The summed E-state index contributed by atoms with van der Waals surface area (Å²) in [6.07, 6.45) is 4.35. The van der Waals surface area contributed by atoms with Crippen LogP contribution < -0.4 is 0 Å². The van der Waals surface area contributed by atoms with Gasteiger partial charge in [-0.1, -0.05) is 11.6 Å². The Hall–Kier alpha value is -1.62. The molecule has 0 aromatic carbocycles. The second-order valence-electron chi connectivity index (χ2n) is 2.76. The molecule has 0 bridgehead atoms. The molecule has 2 aromatic rings. The Morgan fingerprint density at radius 2 is 2.36 bits per heavy atom. The van der Waals surface area contributed by atoms with Gasteiger partial charge in [-0.05, 0) is 0 Å². The number of aliphatic carboxylic acids is 1. The molecule has 0 radical (unpaired) electrons. The number of carbonyl (C=O) groups is 1. The van der Waals surface area contributed by atoms with Crippen LogP contribution in [0.5, 0.6) is 0 Å². The largest absolute Gasteiger partial charge is 0.481 e. The Labute approximate surface area is 84.0 Å². The van der Waals surface area contributed by atoms with Gasteiger partial charge in [0, 0.05) is 6.20 Å². The summed E-state index contributed by atoms with van der Waals surface area (Å²) < 4.78 is 1.57. The maximum atomic E-state index is 10.5. The Bertz CT molecular complexity index is 494. The van der Waals surface area contributed by atoms with Crippen LogP contribution in [0, 0.1) is 0 Å². The molecule has 0 unspecified atom stereocenters. The van der Waals surface area contributed by atoms with Gasteiger partial charge in [-0.2, -0.15) is 0 Å².